The number of rotatable bonds is 4. The van der Waals surface area contributed by atoms with Crippen LogP contribution in [0.5, 0.6) is 0 Å². The minimum absolute atomic E-state index is 0. The van der Waals surface area contributed by atoms with Crippen molar-refractivity contribution in [3.63, 3.8) is 0 Å². The molecule has 2 heterocycles. The summed E-state index contributed by atoms with van der Waals surface area (Å²) in [6, 6.07) is 9.67. The zero-order valence-electron chi connectivity index (χ0n) is 17.8. The second-order valence-electron chi connectivity index (χ2n) is 7.00. The lowest BCUT2D eigenvalue weighted by Gasteiger charge is -2.31. The third-order valence-electron chi connectivity index (χ3n) is 5.00. The maximum absolute atomic E-state index is 12.4. The van der Waals surface area contributed by atoms with Gasteiger partial charge >= 0.3 is 0 Å². The molecule has 1 aliphatic rings. The predicted octanol–water partition coefficient (Wildman–Crippen LogP) is 2.73. The number of nitrogens with two attached hydrogens (primary N) is 2. The van der Waals surface area contributed by atoms with E-state index < -0.39 is 0 Å². The van der Waals surface area contributed by atoms with Gasteiger partial charge in [-0.3, -0.25) is 26.5 Å². The molecule has 0 bridgehead atoms. The van der Waals surface area contributed by atoms with E-state index in [9.17, 15) is 4.79 Å². The van der Waals surface area contributed by atoms with Crippen molar-refractivity contribution in [2.75, 3.05) is 25.5 Å². The highest BCUT2D eigenvalue weighted by Crippen LogP contribution is 2.29. The van der Waals surface area contributed by atoms with Gasteiger partial charge in [-0.1, -0.05) is 24.6 Å². The fraction of sp³-hybridized carbons (Fsp3) is 0.318. The lowest BCUT2D eigenvalue weighted by atomic mass is 9.92. The first kappa shape index (κ1) is 23.1. The van der Waals surface area contributed by atoms with Gasteiger partial charge in [0.25, 0.3) is 5.91 Å². The minimum atomic E-state index is -0.165. The Hall–Kier alpha value is -3.23. The molecule has 1 amide bonds. The zero-order chi connectivity index (χ0) is 22.1. The van der Waals surface area contributed by atoms with E-state index in [2.05, 4.69) is 28.5 Å². The van der Waals surface area contributed by atoms with E-state index in [-0.39, 0.29) is 13.3 Å². The molecule has 0 saturated heterocycles. The van der Waals surface area contributed by atoms with Crippen LogP contribution in [-0.2, 0) is 0 Å². The van der Waals surface area contributed by atoms with Crippen LogP contribution in [0.2, 0.25) is 0 Å². The Kier molecular flexibility index (Phi) is 8.52. The van der Waals surface area contributed by atoms with Crippen LogP contribution < -0.4 is 22.3 Å². The lowest BCUT2D eigenvalue weighted by molar-refractivity contribution is 0.102. The Bertz CT molecular complexity index is 912. The molecule has 8 nitrogen and oxygen atoms in total. The van der Waals surface area contributed by atoms with Gasteiger partial charge in [-0.25, -0.2) is 0 Å². The Labute approximate surface area is 179 Å². The van der Waals surface area contributed by atoms with Gasteiger partial charge in [0.05, 0.1) is 5.56 Å². The molecule has 8 heteroatoms. The van der Waals surface area contributed by atoms with Gasteiger partial charge in [0, 0.05) is 32.6 Å². The highest BCUT2D eigenvalue weighted by atomic mass is 16.1. The molecule has 3 rings (SSSR count). The Morgan fingerprint density at radius 2 is 1.97 bits per heavy atom. The second kappa shape index (κ2) is 11.1. The summed E-state index contributed by atoms with van der Waals surface area (Å²) >= 11 is 0. The van der Waals surface area contributed by atoms with Crippen molar-refractivity contribution in [2.24, 2.45) is 11.6 Å². The van der Waals surface area contributed by atoms with Crippen LogP contribution in [-0.4, -0.2) is 41.9 Å². The molecule has 0 radical (unpaired) electrons. The molecule has 0 atom stereocenters. The van der Waals surface area contributed by atoms with E-state index in [0.29, 0.717) is 12.1 Å². The maximum Gasteiger partial charge on any atom is 0.257 e. The lowest BCUT2D eigenvalue weighted by Crippen LogP contribution is -2.40. The largest absolute Gasteiger partial charge is 0.370 e. The topological polar surface area (TPSA) is 133 Å². The Morgan fingerprint density at radius 3 is 2.53 bits per heavy atom. The van der Waals surface area contributed by atoms with Gasteiger partial charge in [0.15, 0.2) is 5.96 Å². The van der Waals surface area contributed by atoms with Crippen LogP contribution >= 0.6 is 0 Å². The van der Waals surface area contributed by atoms with Crippen LogP contribution in [0.25, 0.3) is 5.57 Å². The molecule has 0 fully saturated rings. The standard InChI is InChI=1S/C21H25N5O.CH6N2.H2/c1-3-15-9-11-26(21(22)23)13-19(15)16-4-6-17(7-5-16)25-20(27)18-12-24-10-8-14(18)2;1-3-2;/h4-8,10,12H,3,9,11,13H2,1-2H3,(H3,22,23)(H,25,27);3H,2H2,1H3;1H. The number of hydrogen-bond donors (Lipinski definition) is 5. The van der Waals surface area contributed by atoms with E-state index in [0.717, 1.165) is 36.2 Å². The number of aromatic nitrogens is 1. The molecule has 1 aromatic carbocycles. The monoisotopic (exact) mass is 411 g/mol. The highest BCUT2D eigenvalue weighted by Gasteiger charge is 2.20. The molecule has 162 valence electrons. The number of nitrogens with one attached hydrogen (secondary N) is 3. The quantitative estimate of drug-likeness (QED) is 0.227. The van der Waals surface area contributed by atoms with Crippen molar-refractivity contribution in [1.29, 1.82) is 5.41 Å². The first-order valence-electron chi connectivity index (χ1n) is 9.90. The summed E-state index contributed by atoms with van der Waals surface area (Å²) < 4.78 is 0. The number of guanidine groups is 1. The molecular formula is C22H33N7O. The Balaban J connectivity index is 0.00000113. The smallest absolute Gasteiger partial charge is 0.257 e. The third kappa shape index (κ3) is 5.88. The van der Waals surface area contributed by atoms with Gasteiger partial charge in [-0.05, 0) is 61.7 Å². The summed E-state index contributed by atoms with van der Waals surface area (Å²) in [4.78, 5) is 18.3. The van der Waals surface area contributed by atoms with Crippen LogP contribution in [0.3, 0.4) is 0 Å². The molecule has 30 heavy (non-hydrogen) atoms. The van der Waals surface area contributed by atoms with E-state index in [1.165, 1.54) is 11.1 Å². The average Bonchev–Trinajstić information content (AvgIpc) is 2.74. The van der Waals surface area contributed by atoms with Crippen molar-refractivity contribution in [3.05, 3.63) is 65.0 Å². The predicted molar refractivity (Wildman–Crippen MR) is 124 cm³/mol. The van der Waals surface area contributed by atoms with E-state index in [1.807, 2.05) is 42.2 Å². The molecule has 1 aromatic heterocycles. The number of hydrazine groups is 1. The molecule has 0 spiro atoms. The normalized spacial score (nSPS) is 13.4. The highest BCUT2D eigenvalue weighted by molar-refractivity contribution is 6.05. The third-order valence-corrected chi connectivity index (χ3v) is 5.00. The van der Waals surface area contributed by atoms with E-state index >= 15 is 0 Å². The maximum atomic E-state index is 12.4. The Morgan fingerprint density at radius 1 is 1.30 bits per heavy atom. The number of benzene rings is 1. The summed E-state index contributed by atoms with van der Waals surface area (Å²) in [5, 5.41) is 10.6. The summed E-state index contributed by atoms with van der Waals surface area (Å²) in [6.07, 6.45) is 5.16. The van der Waals surface area contributed by atoms with Crippen molar-refractivity contribution >= 4 is 23.1 Å². The first-order valence-corrected chi connectivity index (χ1v) is 9.90. The van der Waals surface area contributed by atoms with Crippen LogP contribution in [0, 0.1) is 12.3 Å². The number of carbonyl (C=O) groups is 1. The number of nitrogens with zero attached hydrogens (tertiary/aromatic N) is 2. The number of aryl methyl sites for hydroxylation is 1. The summed E-state index contributed by atoms with van der Waals surface area (Å²) in [7, 11) is 1.65. The van der Waals surface area contributed by atoms with Crippen molar-refractivity contribution < 1.29 is 6.22 Å². The first-order chi connectivity index (χ1) is 14.4. The number of anilines is 1. The molecule has 0 saturated carbocycles. The number of amides is 1. The molecule has 1 aliphatic heterocycles. The van der Waals surface area contributed by atoms with Crippen molar-refractivity contribution in [2.45, 2.75) is 26.7 Å². The second-order valence-corrected chi connectivity index (χ2v) is 7.00. The fourth-order valence-electron chi connectivity index (χ4n) is 3.35. The van der Waals surface area contributed by atoms with Gasteiger partial charge in [-0.15, -0.1) is 0 Å². The van der Waals surface area contributed by atoms with Gasteiger partial charge in [0.1, 0.15) is 0 Å². The molecule has 0 unspecified atom stereocenters. The minimum Gasteiger partial charge on any atom is -0.370 e. The molecular weight excluding hydrogens is 378 g/mol. The summed E-state index contributed by atoms with van der Waals surface area (Å²) in [5.74, 6) is 4.54. The molecule has 0 aliphatic carbocycles. The number of carbonyl (C=O) groups excluding carboxylic acids is 1. The average molecular weight is 412 g/mol. The van der Waals surface area contributed by atoms with Crippen molar-refractivity contribution in [1.82, 2.24) is 15.3 Å². The number of hydrogen-bond acceptors (Lipinski definition) is 5. The van der Waals surface area contributed by atoms with Gasteiger partial charge in [0.2, 0.25) is 0 Å². The van der Waals surface area contributed by atoms with Gasteiger partial charge < -0.3 is 16.0 Å². The molecule has 7 N–H and O–H groups in total. The van der Waals surface area contributed by atoms with Crippen LogP contribution in [0.15, 0.2) is 48.3 Å². The van der Waals surface area contributed by atoms with Crippen LogP contribution in [0.1, 0.15) is 42.7 Å². The fourth-order valence-corrected chi connectivity index (χ4v) is 3.35. The van der Waals surface area contributed by atoms with E-state index in [4.69, 9.17) is 11.1 Å². The summed E-state index contributed by atoms with van der Waals surface area (Å²) in [6.45, 7) is 5.49. The SMILES string of the molecule is CCC1=C(c2ccc(NC(=O)c3cnccc3C)cc2)CN(C(=N)N)CC1.CNN.[HH]. The van der Waals surface area contributed by atoms with Gasteiger partial charge in [-0.2, -0.15) is 0 Å². The number of pyridine rings is 1. The van der Waals surface area contributed by atoms with Crippen molar-refractivity contribution in [3.8, 4) is 0 Å². The molecule has 2 aromatic rings. The van der Waals surface area contributed by atoms with Crippen LogP contribution in [0.4, 0.5) is 5.69 Å². The zero-order valence-corrected chi connectivity index (χ0v) is 17.8. The van der Waals surface area contributed by atoms with E-state index in [1.54, 1.807) is 19.4 Å². The summed E-state index contributed by atoms with van der Waals surface area (Å²) in [5.41, 5.74) is 13.9.